The van der Waals surface area contributed by atoms with Crippen molar-refractivity contribution >= 4 is 23.4 Å². The molecule has 0 spiro atoms. The minimum absolute atomic E-state index is 0.176. The molecule has 0 bridgehead atoms. The van der Waals surface area contributed by atoms with Gasteiger partial charge in [-0.1, -0.05) is 13.3 Å². The summed E-state index contributed by atoms with van der Waals surface area (Å²) in [6.45, 7) is 2.37. The number of nitro groups is 1. The quantitative estimate of drug-likeness (QED) is 0.360. The van der Waals surface area contributed by atoms with Gasteiger partial charge in [0.15, 0.2) is 5.76 Å². The smallest absolute Gasteiger partial charge is 0.433 e. The van der Waals surface area contributed by atoms with Crippen LogP contribution in [-0.4, -0.2) is 23.4 Å². The van der Waals surface area contributed by atoms with E-state index in [4.69, 9.17) is 9.15 Å². The monoisotopic (exact) mass is 332 g/mol. The van der Waals surface area contributed by atoms with E-state index in [2.05, 4.69) is 5.32 Å². The third-order valence-electron chi connectivity index (χ3n) is 3.11. The molecule has 1 heterocycles. The highest BCUT2D eigenvalue weighted by atomic mass is 16.6. The van der Waals surface area contributed by atoms with E-state index >= 15 is 0 Å². The fourth-order valence-electron chi connectivity index (χ4n) is 1.82. The lowest BCUT2D eigenvalue weighted by atomic mass is 10.2. The molecule has 2 rings (SSSR count). The van der Waals surface area contributed by atoms with Gasteiger partial charge in [-0.05, 0) is 36.8 Å². The Kier molecular flexibility index (Phi) is 5.67. The van der Waals surface area contributed by atoms with E-state index in [0.717, 1.165) is 18.9 Å². The van der Waals surface area contributed by atoms with Crippen molar-refractivity contribution < 1.29 is 23.7 Å². The van der Waals surface area contributed by atoms with Crippen LogP contribution in [0.3, 0.4) is 0 Å². The molecule has 0 atom stereocenters. The van der Waals surface area contributed by atoms with Gasteiger partial charge in [0.25, 0.3) is 5.91 Å². The van der Waals surface area contributed by atoms with E-state index in [9.17, 15) is 19.7 Å². The van der Waals surface area contributed by atoms with Crippen molar-refractivity contribution in [3.05, 3.63) is 57.8 Å². The van der Waals surface area contributed by atoms with Gasteiger partial charge in [-0.15, -0.1) is 0 Å². The number of furan rings is 1. The van der Waals surface area contributed by atoms with Gasteiger partial charge in [-0.3, -0.25) is 14.9 Å². The summed E-state index contributed by atoms with van der Waals surface area (Å²) in [6.07, 6.45) is 1.73. The second-order valence-corrected chi connectivity index (χ2v) is 4.92. The zero-order valence-corrected chi connectivity index (χ0v) is 13.0. The molecule has 0 saturated carbocycles. The second kappa shape index (κ2) is 7.91. The molecular weight excluding hydrogens is 316 g/mol. The fourth-order valence-corrected chi connectivity index (χ4v) is 1.82. The molecule has 0 fully saturated rings. The van der Waals surface area contributed by atoms with Gasteiger partial charge in [-0.25, -0.2) is 4.79 Å². The number of anilines is 1. The van der Waals surface area contributed by atoms with Crippen LogP contribution < -0.4 is 5.32 Å². The molecule has 126 valence electrons. The van der Waals surface area contributed by atoms with Crippen molar-refractivity contribution in [2.24, 2.45) is 0 Å². The normalized spacial score (nSPS) is 10.2. The number of benzene rings is 1. The molecule has 1 aromatic heterocycles. The molecule has 8 heteroatoms. The van der Waals surface area contributed by atoms with Crippen molar-refractivity contribution in [3.8, 4) is 0 Å². The first-order valence-corrected chi connectivity index (χ1v) is 7.34. The number of carbonyl (C=O) groups excluding carboxylic acids is 2. The number of nitrogens with zero attached hydrogens (tertiary/aromatic N) is 1. The van der Waals surface area contributed by atoms with Crippen molar-refractivity contribution in [1.29, 1.82) is 0 Å². The van der Waals surface area contributed by atoms with Crippen LogP contribution in [0.5, 0.6) is 0 Å². The predicted molar refractivity (Wildman–Crippen MR) is 84.9 cm³/mol. The summed E-state index contributed by atoms with van der Waals surface area (Å²) in [6, 6.07) is 8.43. The summed E-state index contributed by atoms with van der Waals surface area (Å²) in [4.78, 5) is 33.5. The Balaban J connectivity index is 1.96. The first kappa shape index (κ1) is 17.2. The average Bonchev–Trinajstić information content (AvgIpc) is 3.06. The van der Waals surface area contributed by atoms with E-state index < -0.39 is 22.7 Å². The summed E-state index contributed by atoms with van der Waals surface area (Å²) in [7, 11) is 0. The van der Waals surface area contributed by atoms with E-state index in [0.29, 0.717) is 17.9 Å². The summed E-state index contributed by atoms with van der Waals surface area (Å²) >= 11 is 0. The van der Waals surface area contributed by atoms with Crippen LogP contribution in [0.25, 0.3) is 0 Å². The summed E-state index contributed by atoms with van der Waals surface area (Å²) in [5.41, 5.74) is 0.793. The Morgan fingerprint density at radius 1 is 1.21 bits per heavy atom. The third kappa shape index (κ3) is 4.42. The van der Waals surface area contributed by atoms with E-state index in [-0.39, 0.29) is 5.76 Å². The van der Waals surface area contributed by atoms with Crippen LogP contribution in [0, 0.1) is 10.1 Å². The standard InChI is InChI=1S/C16H16N2O6/c1-2-3-10-23-16(20)11-4-6-12(7-5-11)17-15(19)13-8-9-14(24-13)18(21)22/h4-9H,2-3,10H2,1H3,(H,17,19). The minimum atomic E-state index is -0.726. The van der Waals surface area contributed by atoms with Gasteiger partial charge in [-0.2, -0.15) is 0 Å². The molecule has 0 aliphatic rings. The Morgan fingerprint density at radius 2 is 1.92 bits per heavy atom. The number of carbonyl (C=O) groups is 2. The Morgan fingerprint density at radius 3 is 2.50 bits per heavy atom. The average molecular weight is 332 g/mol. The highest BCUT2D eigenvalue weighted by Gasteiger charge is 2.17. The maximum absolute atomic E-state index is 11.9. The molecular formula is C16H16N2O6. The number of rotatable bonds is 7. The highest BCUT2D eigenvalue weighted by molar-refractivity contribution is 6.02. The molecule has 0 unspecified atom stereocenters. The molecule has 24 heavy (non-hydrogen) atoms. The molecule has 1 N–H and O–H groups in total. The SMILES string of the molecule is CCCCOC(=O)c1ccc(NC(=O)c2ccc([N+](=O)[O-])o2)cc1. The van der Waals surface area contributed by atoms with Gasteiger partial charge in [0.2, 0.25) is 0 Å². The highest BCUT2D eigenvalue weighted by Crippen LogP contribution is 2.18. The van der Waals surface area contributed by atoms with E-state index in [1.807, 2.05) is 6.92 Å². The lowest BCUT2D eigenvalue weighted by Crippen LogP contribution is -2.11. The number of ether oxygens (including phenoxy) is 1. The molecule has 8 nitrogen and oxygen atoms in total. The topological polar surface area (TPSA) is 112 Å². The van der Waals surface area contributed by atoms with Gasteiger partial charge < -0.3 is 14.5 Å². The largest absolute Gasteiger partial charge is 0.462 e. The Bertz CT molecular complexity index is 735. The molecule has 1 aromatic carbocycles. The number of nitrogens with one attached hydrogen (secondary N) is 1. The van der Waals surface area contributed by atoms with Crippen LogP contribution in [0.1, 0.15) is 40.7 Å². The number of unbranched alkanes of at least 4 members (excludes halogenated alkanes) is 1. The first-order chi connectivity index (χ1) is 11.5. The number of hydrogen-bond acceptors (Lipinski definition) is 6. The Labute approximate surface area is 137 Å². The van der Waals surface area contributed by atoms with Gasteiger partial charge >= 0.3 is 11.9 Å². The molecule has 0 aliphatic carbocycles. The molecule has 0 radical (unpaired) electrons. The Hall–Kier alpha value is -3.16. The minimum Gasteiger partial charge on any atom is -0.462 e. The van der Waals surface area contributed by atoms with Crippen LogP contribution in [-0.2, 0) is 4.74 Å². The first-order valence-electron chi connectivity index (χ1n) is 7.34. The molecule has 0 saturated heterocycles. The van der Waals surface area contributed by atoms with Crippen LogP contribution in [0.2, 0.25) is 0 Å². The van der Waals surface area contributed by atoms with Crippen molar-refractivity contribution in [2.75, 3.05) is 11.9 Å². The fraction of sp³-hybridized carbons (Fsp3) is 0.250. The van der Waals surface area contributed by atoms with Gasteiger partial charge in [0.05, 0.1) is 18.2 Å². The van der Waals surface area contributed by atoms with E-state index in [1.54, 1.807) is 0 Å². The van der Waals surface area contributed by atoms with Gasteiger partial charge in [0, 0.05) is 5.69 Å². The summed E-state index contributed by atoms with van der Waals surface area (Å²) < 4.78 is 9.89. The predicted octanol–water partition coefficient (Wildman–Crippen LogP) is 3.40. The van der Waals surface area contributed by atoms with Crippen LogP contribution in [0.4, 0.5) is 11.6 Å². The maximum atomic E-state index is 11.9. The molecule has 0 aliphatic heterocycles. The van der Waals surface area contributed by atoms with E-state index in [1.165, 1.54) is 30.3 Å². The number of esters is 1. The van der Waals surface area contributed by atoms with Crippen molar-refractivity contribution in [1.82, 2.24) is 0 Å². The number of amides is 1. The van der Waals surface area contributed by atoms with Gasteiger partial charge in [0.1, 0.15) is 4.92 Å². The third-order valence-corrected chi connectivity index (χ3v) is 3.11. The maximum Gasteiger partial charge on any atom is 0.433 e. The second-order valence-electron chi connectivity index (χ2n) is 4.92. The lowest BCUT2D eigenvalue weighted by molar-refractivity contribution is -0.402. The van der Waals surface area contributed by atoms with Crippen LogP contribution in [0.15, 0.2) is 40.8 Å². The van der Waals surface area contributed by atoms with Crippen molar-refractivity contribution in [2.45, 2.75) is 19.8 Å². The molecule has 1 amide bonds. The van der Waals surface area contributed by atoms with Crippen LogP contribution >= 0.6 is 0 Å². The number of hydrogen-bond donors (Lipinski definition) is 1. The van der Waals surface area contributed by atoms with Crippen molar-refractivity contribution in [3.63, 3.8) is 0 Å². The summed E-state index contributed by atoms with van der Waals surface area (Å²) in [5, 5.41) is 13.0. The molecule has 2 aromatic rings. The zero-order chi connectivity index (χ0) is 17.5. The lowest BCUT2D eigenvalue weighted by Gasteiger charge is -2.06. The summed E-state index contributed by atoms with van der Waals surface area (Å²) in [5.74, 6) is -1.74. The zero-order valence-electron chi connectivity index (χ0n) is 13.0.